The molecule has 0 spiro atoms. The van der Waals surface area contributed by atoms with Crippen LogP contribution in [0, 0.1) is 11.3 Å². The summed E-state index contributed by atoms with van der Waals surface area (Å²) in [4.78, 5) is 14.1. The van der Waals surface area contributed by atoms with Gasteiger partial charge in [0, 0.05) is 19.5 Å². The van der Waals surface area contributed by atoms with Crippen LogP contribution in [-0.4, -0.2) is 17.4 Å². The van der Waals surface area contributed by atoms with Crippen molar-refractivity contribution in [1.82, 2.24) is 4.90 Å². The molecule has 3 nitrogen and oxygen atoms in total. The van der Waals surface area contributed by atoms with Crippen LogP contribution >= 0.6 is 0 Å². The van der Waals surface area contributed by atoms with Crippen molar-refractivity contribution in [2.45, 2.75) is 45.1 Å². The normalized spacial score (nSPS) is 17.2. The van der Waals surface area contributed by atoms with E-state index in [2.05, 4.69) is 6.07 Å². The van der Waals surface area contributed by atoms with Gasteiger partial charge in [-0.15, -0.1) is 0 Å². The molecule has 1 aromatic carbocycles. The lowest BCUT2D eigenvalue weighted by Crippen LogP contribution is -2.31. The van der Waals surface area contributed by atoms with Crippen LogP contribution in [-0.2, 0) is 11.3 Å². The maximum Gasteiger partial charge on any atom is 0.222 e. The Labute approximate surface area is 114 Å². The summed E-state index contributed by atoms with van der Waals surface area (Å²) in [5.74, 6) is 0.254. The summed E-state index contributed by atoms with van der Waals surface area (Å²) < 4.78 is 0. The number of nitriles is 1. The first kappa shape index (κ1) is 13.6. The third kappa shape index (κ3) is 4.10. The van der Waals surface area contributed by atoms with E-state index in [0.29, 0.717) is 18.5 Å². The van der Waals surface area contributed by atoms with E-state index in [4.69, 9.17) is 5.26 Å². The van der Waals surface area contributed by atoms with Crippen LogP contribution in [0.4, 0.5) is 0 Å². The lowest BCUT2D eigenvalue weighted by Gasteiger charge is -2.22. The molecular weight excluding hydrogens is 236 g/mol. The maximum atomic E-state index is 12.1. The van der Waals surface area contributed by atoms with Crippen molar-refractivity contribution in [1.29, 1.82) is 5.26 Å². The zero-order valence-corrected chi connectivity index (χ0v) is 11.3. The number of amides is 1. The Kier molecular flexibility index (Phi) is 4.97. The zero-order valence-electron chi connectivity index (χ0n) is 11.3. The summed E-state index contributed by atoms with van der Waals surface area (Å²) in [6.45, 7) is 1.48. The van der Waals surface area contributed by atoms with Gasteiger partial charge in [0.1, 0.15) is 0 Å². The highest BCUT2D eigenvalue weighted by Gasteiger charge is 2.15. The number of carbonyl (C=O) groups is 1. The van der Waals surface area contributed by atoms with Crippen molar-refractivity contribution in [2.24, 2.45) is 0 Å². The van der Waals surface area contributed by atoms with Crippen molar-refractivity contribution in [2.75, 3.05) is 6.54 Å². The highest BCUT2D eigenvalue weighted by Crippen LogP contribution is 2.15. The minimum absolute atomic E-state index is 0.254. The van der Waals surface area contributed by atoms with Crippen molar-refractivity contribution in [3.63, 3.8) is 0 Å². The van der Waals surface area contributed by atoms with E-state index < -0.39 is 0 Å². The molecule has 0 radical (unpaired) electrons. The van der Waals surface area contributed by atoms with Crippen molar-refractivity contribution < 1.29 is 4.79 Å². The molecule has 0 unspecified atom stereocenters. The Morgan fingerprint density at radius 1 is 1.16 bits per heavy atom. The SMILES string of the molecule is N#Cc1cccc(CN2CCCCCCCC2=O)c1. The molecule has 100 valence electrons. The molecule has 1 aliphatic rings. The van der Waals surface area contributed by atoms with Crippen LogP contribution in [0.15, 0.2) is 24.3 Å². The van der Waals surface area contributed by atoms with Crippen LogP contribution in [0.5, 0.6) is 0 Å². The molecule has 0 atom stereocenters. The molecule has 1 heterocycles. The van der Waals surface area contributed by atoms with Gasteiger partial charge in [0.15, 0.2) is 0 Å². The molecule has 1 aromatic rings. The van der Waals surface area contributed by atoms with E-state index in [-0.39, 0.29) is 5.91 Å². The Morgan fingerprint density at radius 3 is 2.79 bits per heavy atom. The zero-order chi connectivity index (χ0) is 13.5. The van der Waals surface area contributed by atoms with Gasteiger partial charge >= 0.3 is 0 Å². The van der Waals surface area contributed by atoms with E-state index in [9.17, 15) is 4.79 Å². The second-order valence-electron chi connectivity index (χ2n) is 5.15. The Balaban J connectivity index is 2.05. The molecule has 1 saturated heterocycles. The van der Waals surface area contributed by atoms with Gasteiger partial charge in [-0.25, -0.2) is 0 Å². The Bertz CT molecular complexity index is 476. The number of nitrogens with zero attached hydrogens (tertiary/aromatic N) is 2. The van der Waals surface area contributed by atoms with Gasteiger partial charge in [-0.1, -0.05) is 31.4 Å². The third-order valence-electron chi connectivity index (χ3n) is 3.60. The van der Waals surface area contributed by atoms with E-state index in [1.54, 1.807) is 6.07 Å². The fourth-order valence-corrected chi connectivity index (χ4v) is 2.52. The smallest absolute Gasteiger partial charge is 0.222 e. The van der Waals surface area contributed by atoms with Gasteiger partial charge in [-0.05, 0) is 30.5 Å². The topological polar surface area (TPSA) is 44.1 Å². The standard InChI is InChI=1S/C16H20N2O/c17-12-14-7-6-8-15(11-14)13-18-10-5-3-1-2-4-9-16(18)19/h6-8,11H,1-5,9-10,13H2. The fraction of sp³-hybridized carbons (Fsp3) is 0.500. The van der Waals surface area contributed by atoms with E-state index >= 15 is 0 Å². The summed E-state index contributed by atoms with van der Waals surface area (Å²) in [5.41, 5.74) is 1.71. The number of rotatable bonds is 2. The van der Waals surface area contributed by atoms with Gasteiger partial charge in [0.2, 0.25) is 5.91 Å². The van der Waals surface area contributed by atoms with E-state index in [1.165, 1.54) is 19.3 Å². The van der Waals surface area contributed by atoms with E-state index in [1.807, 2.05) is 23.1 Å². The van der Waals surface area contributed by atoms with Crippen LogP contribution in [0.3, 0.4) is 0 Å². The number of hydrogen-bond acceptors (Lipinski definition) is 2. The number of hydrogen-bond donors (Lipinski definition) is 0. The third-order valence-corrected chi connectivity index (χ3v) is 3.60. The summed E-state index contributed by atoms with van der Waals surface area (Å²) >= 11 is 0. The predicted octanol–water partition coefficient (Wildman–Crippen LogP) is 3.24. The van der Waals surface area contributed by atoms with Gasteiger partial charge in [0.05, 0.1) is 11.6 Å². The van der Waals surface area contributed by atoms with Crippen molar-refractivity contribution in [3.8, 4) is 6.07 Å². The van der Waals surface area contributed by atoms with Gasteiger partial charge in [-0.2, -0.15) is 5.26 Å². The summed E-state index contributed by atoms with van der Waals surface area (Å²) in [7, 11) is 0. The average molecular weight is 256 g/mol. The molecule has 0 N–H and O–H groups in total. The van der Waals surface area contributed by atoms with E-state index in [0.717, 1.165) is 24.9 Å². The molecule has 0 bridgehead atoms. The van der Waals surface area contributed by atoms with Gasteiger partial charge in [-0.3, -0.25) is 4.79 Å². The Morgan fingerprint density at radius 2 is 1.95 bits per heavy atom. The van der Waals surface area contributed by atoms with Gasteiger partial charge < -0.3 is 4.90 Å². The molecule has 0 aromatic heterocycles. The quantitative estimate of drug-likeness (QED) is 0.815. The predicted molar refractivity (Wildman–Crippen MR) is 74.3 cm³/mol. The minimum Gasteiger partial charge on any atom is -0.338 e. The molecule has 2 rings (SSSR count). The fourth-order valence-electron chi connectivity index (χ4n) is 2.52. The molecule has 1 fully saturated rings. The molecule has 1 aliphatic heterocycles. The largest absolute Gasteiger partial charge is 0.338 e. The van der Waals surface area contributed by atoms with Gasteiger partial charge in [0.25, 0.3) is 0 Å². The van der Waals surface area contributed by atoms with Crippen LogP contribution in [0.25, 0.3) is 0 Å². The molecule has 1 amide bonds. The first-order valence-corrected chi connectivity index (χ1v) is 7.06. The monoisotopic (exact) mass is 256 g/mol. The average Bonchev–Trinajstić information content (AvgIpc) is 2.53. The first-order chi connectivity index (χ1) is 9.29. The minimum atomic E-state index is 0.254. The molecule has 0 saturated carbocycles. The molecule has 0 aliphatic carbocycles. The molecule has 3 heteroatoms. The van der Waals surface area contributed by atoms with Crippen LogP contribution in [0.2, 0.25) is 0 Å². The highest BCUT2D eigenvalue weighted by molar-refractivity contribution is 5.76. The van der Waals surface area contributed by atoms with Crippen LogP contribution < -0.4 is 0 Å². The lowest BCUT2D eigenvalue weighted by atomic mass is 10.1. The Hall–Kier alpha value is -1.82. The second-order valence-corrected chi connectivity index (χ2v) is 5.15. The summed E-state index contributed by atoms with van der Waals surface area (Å²) in [6.07, 6.45) is 6.38. The highest BCUT2D eigenvalue weighted by atomic mass is 16.2. The second kappa shape index (κ2) is 6.94. The number of carbonyl (C=O) groups excluding carboxylic acids is 1. The first-order valence-electron chi connectivity index (χ1n) is 7.06. The lowest BCUT2D eigenvalue weighted by molar-refractivity contribution is -0.131. The van der Waals surface area contributed by atoms with Crippen molar-refractivity contribution in [3.05, 3.63) is 35.4 Å². The maximum absolute atomic E-state index is 12.1. The summed E-state index contributed by atoms with van der Waals surface area (Å²) in [5, 5.41) is 8.91. The van der Waals surface area contributed by atoms with Crippen molar-refractivity contribution >= 4 is 5.91 Å². The molecule has 19 heavy (non-hydrogen) atoms. The van der Waals surface area contributed by atoms with Crippen LogP contribution in [0.1, 0.15) is 49.7 Å². The summed E-state index contributed by atoms with van der Waals surface area (Å²) in [6, 6.07) is 9.69. The number of benzene rings is 1. The molecular formula is C16H20N2O.